The maximum absolute atomic E-state index is 12.9. The molecule has 22 heavy (non-hydrogen) atoms. The van der Waals surface area contributed by atoms with Gasteiger partial charge in [-0.2, -0.15) is 0 Å². The molecule has 1 N–H and O–H groups in total. The number of nitrogens with zero attached hydrogens (tertiary/aromatic N) is 1. The molecule has 1 aliphatic heterocycles. The van der Waals surface area contributed by atoms with Crippen LogP contribution >= 0.6 is 0 Å². The maximum atomic E-state index is 12.9. The number of ether oxygens (including phenoxy) is 2. The van der Waals surface area contributed by atoms with Crippen molar-refractivity contribution in [3.8, 4) is 0 Å². The van der Waals surface area contributed by atoms with E-state index in [1.807, 2.05) is 14.0 Å². The van der Waals surface area contributed by atoms with Gasteiger partial charge in [-0.25, -0.2) is 4.79 Å². The van der Waals surface area contributed by atoms with Crippen LogP contribution in [0.25, 0.3) is 0 Å². The molecule has 0 amide bonds. The fourth-order valence-electron chi connectivity index (χ4n) is 3.05. The van der Waals surface area contributed by atoms with E-state index in [9.17, 15) is 9.59 Å². The van der Waals surface area contributed by atoms with Gasteiger partial charge in [-0.05, 0) is 41.0 Å². The molecule has 0 bridgehead atoms. The molecule has 0 aromatic rings. The summed E-state index contributed by atoms with van der Waals surface area (Å²) in [5.74, 6) is 0.893. The van der Waals surface area contributed by atoms with E-state index in [1.165, 1.54) is 0 Å². The van der Waals surface area contributed by atoms with E-state index < -0.39 is 22.8 Å². The lowest BCUT2D eigenvalue weighted by Gasteiger charge is -2.53. The van der Waals surface area contributed by atoms with Crippen LogP contribution in [0, 0.1) is 5.41 Å². The Morgan fingerprint density at radius 2 is 1.59 bits per heavy atom. The second kappa shape index (κ2) is 6.26. The van der Waals surface area contributed by atoms with Gasteiger partial charge in [-0.1, -0.05) is 0 Å². The summed E-state index contributed by atoms with van der Waals surface area (Å²) in [6.45, 7) is 8.87. The van der Waals surface area contributed by atoms with Crippen molar-refractivity contribution < 1.29 is 19.1 Å². The minimum Gasteiger partial charge on any atom is -0.427 e. The zero-order valence-electron chi connectivity index (χ0n) is 14.7. The largest absolute Gasteiger partial charge is 0.509 e. The first kappa shape index (κ1) is 18.5. The maximum Gasteiger partial charge on any atom is 0.509 e. The van der Waals surface area contributed by atoms with Crippen molar-refractivity contribution >= 4 is 17.8 Å². The molecule has 1 fully saturated rings. The molecule has 1 rings (SSSR count). The smallest absolute Gasteiger partial charge is 0.427 e. The van der Waals surface area contributed by atoms with Gasteiger partial charge in [0.05, 0.1) is 5.84 Å². The Kier molecular flexibility index (Phi) is 5.25. The number of amidine groups is 1. The van der Waals surface area contributed by atoms with Crippen LogP contribution in [-0.2, 0) is 14.3 Å². The molecule has 0 saturated carbocycles. The Hall–Kier alpha value is -1.59. The summed E-state index contributed by atoms with van der Waals surface area (Å²) >= 11 is 0. The highest BCUT2D eigenvalue weighted by molar-refractivity contribution is 5.89. The van der Waals surface area contributed by atoms with Crippen LogP contribution < -0.4 is 5.32 Å². The summed E-state index contributed by atoms with van der Waals surface area (Å²) in [5.41, 5.74) is -2.77. The predicted molar refractivity (Wildman–Crippen MR) is 85.1 cm³/mol. The average molecular weight is 312 g/mol. The molecule has 126 valence electrons. The molecule has 0 aliphatic carbocycles. The Balaban J connectivity index is 2.90. The molecule has 6 nitrogen and oxygen atoms in total. The van der Waals surface area contributed by atoms with Crippen LogP contribution in [0.5, 0.6) is 0 Å². The van der Waals surface area contributed by atoms with Crippen molar-refractivity contribution in [3.05, 3.63) is 0 Å². The molecule has 1 heterocycles. The first-order valence-electron chi connectivity index (χ1n) is 7.60. The minimum absolute atomic E-state index is 0.0292. The van der Waals surface area contributed by atoms with Crippen molar-refractivity contribution in [1.29, 1.82) is 0 Å². The average Bonchev–Trinajstić information content (AvgIpc) is 2.39. The van der Waals surface area contributed by atoms with E-state index in [-0.39, 0.29) is 5.78 Å². The molecule has 0 atom stereocenters. The highest BCUT2D eigenvalue weighted by Crippen LogP contribution is 2.50. The highest BCUT2D eigenvalue weighted by atomic mass is 16.8. The standard InChI is InChI=1S/C16H28N2O4/c1-14(2)16(5,15(3,4)22-13(20)21-14)11(19)9-8-10-12(17-6)18-7/h8-10H2,1-7H3,(H,17,18). The van der Waals surface area contributed by atoms with Crippen LogP contribution in [0.3, 0.4) is 0 Å². The van der Waals surface area contributed by atoms with E-state index in [1.54, 1.807) is 34.7 Å². The van der Waals surface area contributed by atoms with Crippen LogP contribution in [0.2, 0.25) is 0 Å². The number of hydrogen-bond acceptors (Lipinski definition) is 5. The predicted octanol–water partition coefficient (Wildman–Crippen LogP) is 2.70. The monoisotopic (exact) mass is 312 g/mol. The first-order valence-corrected chi connectivity index (χ1v) is 7.60. The molecule has 6 heteroatoms. The quantitative estimate of drug-likeness (QED) is 0.480. The van der Waals surface area contributed by atoms with Crippen LogP contribution in [0.15, 0.2) is 4.99 Å². The molecule has 0 aromatic carbocycles. The topological polar surface area (TPSA) is 77.0 Å². The van der Waals surface area contributed by atoms with Crippen LogP contribution in [0.1, 0.15) is 53.9 Å². The number of carbonyl (C=O) groups excluding carboxylic acids is 2. The van der Waals surface area contributed by atoms with Crippen LogP contribution in [0.4, 0.5) is 4.79 Å². The van der Waals surface area contributed by atoms with E-state index in [0.29, 0.717) is 19.3 Å². The second-order valence-electron chi connectivity index (χ2n) is 6.80. The lowest BCUT2D eigenvalue weighted by atomic mass is 9.61. The summed E-state index contributed by atoms with van der Waals surface area (Å²) in [4.78, 5) is 28.6. The van der Waals surface area contributed by atoms with Crippen molar-refractivity contribution in [1.82, 2.24) is 5.32 Å². The summed E-state index contributed by atoms with van der Waals surface area (Å²) in [6.07, 6.45) is 1.04. The lowest BCUT2D eigenvalue weighted by Crippen LogP contribution is -2.66. The molecule has 0 aromatic heterocycles. The first-order chi connectivity index (χ1) is 10.0. The van der Waals surface area contributed by atoms with Crippen molar-refractivity contribution in [2.45, 2.75) is 65.1 Å². The summed E-state index contributed by atoms with van der Waals surface area (Å²) in [6, 6.07) is 0. The molecule has 1 aliphatic rings. The van der Waals surface area contributed by atoms with Gasteiger partial charge in [0.15, 0.2) is 0 Å². The van der Waals surface area contributed by atoms with E-state index in [2.05, 4.69) is 10.3 Å². The minimum atomic E-state index is -0.923. The fourth-order valence-corrected chi connectivity index (χ4v) is 3.05. The zero-order valence-corrected chi connectivity index (χ0v) is 14.7. The Bertz CT molecular complexity index is 461. The number of ketones is 1. The van der Waals surface area contributed by atoms with Gasteiger partial charge in [0.25, 0.3) is 0 Å². The Labute approximate surface area is 132 Å². The van der Waals surface area contributed by atoms with Gasteiger partial charge in [-0.15, -0.1) is 0 Å². The van der Waals surface area contributed by atoms with Crippen molar-refractivity contribution in [3.63, 3.8) is 0 Å². The second-order valence-corrected chi connectivity index (χ2v) is 6.80. The molecule has 1 saturated heterocycles. The third-order valence-electron chi connectivity index (χ3n) is 5.02. The fraction of sp³-hybridized carbons (Fsp3) is 0.812. The van der Waals surface area contributed by atoms with Gasteiger partial charge in [0.1, 0.15) is 22.4 Å². The zero-order chi connectivity index (χ0) is 17.2. The molecule has 0 unspecified atom stereocenters. The molecule has 0 spiro atoms. The van der Waals surface area contributed by atoms with Crippen molar-refractivity contribution in [2.75, 3.05) is 14.1 Å². The Morgan fingerprint density at radius 1 is 1.09 bits per heavy atom. The van der Waals surface area contributed by atoms with Gasteiger partial charge in [-0.3, -0.25) is 9.79 Å². The van der Waals surface area contributed by atoms with Gasteiger partial charge in [0, 0.05) is 26.9 Å². The number of carbonyl (C=O) groups is 2. The summed E-state index contributed by atoms with van der Waals surface area (Å²) in [5, 5.41) is 3.00. The van der Waals surface area contributed by atoms with Crippen LogP contribution in [-0.4, -0.2) is 43.1 Å². The SMILES string of the molecule is CN=C(CCCC(=O)C1(C)C(C)(C)OC(=O)OC1(C)C)NC. The van der Waals surface area contributed by atoms with Gasteiger partial charge < -0.3 is 14.8 Å². The number of hydrogen-bond donors (Lipinski definition) is 1. The highest BCUT2D eigenvalue weighted by Gasteiger charge is 2.63. The third-order valence-corrected chi connectivity index (χ3v) is 5.02. The number of rotatable bonds is 5. The number of nitrogens with one attached hydrogen (secondary N) is 1. The number of aliphatic imine (C=N–C) groups is 1. The Morgan fingerprint density at radius 3 is 2.00 bits per heavy atom. The van der Waals surface area contributed by atoms with E-state index in [0.717, 1.165) is 5.84 Å². The number of cyclic esters (lactones) is 2. The van der Waals surface area contributed by atoms with Crippen molar-refractivity contribution in [2.24, 2.45) is 10.4 Å². The summed E-state index contributed by atoms with van der Waals surface area (Å²) in [7, 11) is 3.53. The molecular weight excluding hydrogens is 284 g/mol. The lowest BCUT2D eigenvalue weighted by molar-refractivity contribution is -0.221. The van der Waals surface area contributed by atoms with E-state index >= 15 is 0 Å². The van der Waals surface area contributed by atoms with E-state index in [4.69, 9.17) is 9.47 Å². The van der Waals surface area contributed by atoms with Gasteiger partial charge in [0.2, 0.25) is 0 Å². The molecule has 0 radical (unpaired) electrons. The third kappa shape index (κ3) is 3.10. The normalized spacial score (nSPS) is 22.5. The summed E-state index contributed by atoms with van der Waals surface area (Å²) < 4.78 is 10.6. The van der Waals surface area contributed by atoms with Gasteiger partial charge >= 0.3 is 6.16 Å². The molecular formula is C16H28N2O4. The number of Topliss-reactive ketones (excluding diaryl/α,β-unsaturated/α-hetero) is 1.